The zero-order valence-electron chi connectivity index (χ0n) is 19.6. The molecule has 0 aliphatic rings. The van der Waals surface area contributed by atoms with Gasteiger partial charge in [0.2, 0.25) is 0 Å². The molecule has 32 heavy (non-hydrogen) atoms. The number of carbonyl (C=O) groups is 2. The number of hydrogen-bond acceptors (Lipinski definition) is 7. The van der Waals surface area contributed by atoms with Gasteiger partial charge in [-0.3, -0.25) is 20.2 Å². The number of carbonyl (C=O) groups excluding carboxylic acids is 2. The summed E-state index contributed by atoms with van der Waals surface area (Å²) in [5.41, 5.74) is 1.71. The monoisotopic (exact) mass is 480 g/mol. The second kappa shape index (κ2) is 16.9. The Morgan fingerprint density at radius 2 is 1.75 bits per heavy atom. The van der Waals surface area contributed by atoms with Crippen molar-refractivity contribution in [1.29, 1.82) is 0 Å². The normalized spacial score (nSPS) is 11.7. The van der Waals surface area contributed by atoms with E-state index in [1.54, 1.807) is 21.6 Å². The van der Waals surface area contributed by atoms with Crippen molar-refractivity contribution in [3.63, 3.8) is 0 Å². The van der Waals surface area contributed by atoms with Crippen LogP contribution in [0.2, 0.25) is 0 Å². The van der Waals surface area contributed by atoms with Crippen LogP contribution >= 0.6 is 21.6 Å². The van der Waals surface area contributed by atoms with Crippen LogP contribution in [0.4, 0.5) is 0 Å². The van der Waals surface area contributed by atoms with Gasteiger partial charge in [-0.1, -0.05) is 67.3 Å². The maximum atomic E-state index is 12.3. The molecule has 1 unspecified atom stereocenters. The third-order valence-corrected chi connectivity index (χ3v) is 5.98. The van der Waals surface area contributed by atoms with Crippen molar-refractivity contribution in [2.75, 3.05) is 39.1 Å². The molecule has 0 aliphatic heterocycles. The molecule has 0 bridgehead atoms. The van der Waals surface area contributed by atoms with E-state index in [1.165, 1.54) is 0 Å². The van der Waals surface area contributed by atoms with Gasteiger partial charge in [0.05, 0.1) is 12.0 Å². The molecule has 1 aromatic rings. The Labute approximate surface area is 200 Å². The number of hydrogen-bond donors (Lipinski definition) is 4. The highest BCUT2D eigenvalue weighted by molar-refractivity contribution is 8.76. The van der Waals surface area contributed by atoms with Crippen molar-refractivity contribution in [2.45, 2.75) is 39.1 Å². The zero-order chi connectivity index (χ0) is 23.8. The first kappa shape index (κ1) is 28.3. The van der Waals surface area contributed by atoms with Crippen LogP contribution in [-0.4, -0.2) is 57.0 Å². The van der Waals surface area contributed by atoms with Crippen LogP contribution in [0.3, 0.4) is 0 Å². The van der Waals surface area contributed by atoms with Gasteiger partial charge in [0, 0.05) is 43.2 Å². The van der Waals surface area contributed by atoms with Gasteiger partial charge in [-0.25, -0.2) is 0 Å². The average Bonchev–Trinajstić information content (AvgIpc) is 2.75. The van der Waals surface area contributed by atoms with Crippen LogP contribution in [0.15, 0.2) is 24.3 Å². The molecule has 4 N–H and O–H groups in total. The summed E-state index contributed by atoms with van der Waals surface area (Å²) in [7, 11) is 3.34. The van der Waals surface area contributed by atoms with Crippen molar-refractivity contribution >= 4 is 33.4 Å². The van der Waals surface area contributed by atoms with Crippen molar-refractivity contribution in [3.05, 3.63) is 35.4 Å². The second-order valence-electron chi connectivity index (χ2n) is 7.61. The van der Waals surface area contributed by atoms with E-state index in [1.807, 2.05) is 44.4 Å². The highest BCUT2D eigenvalue weighted by atomic mass is 33.1. The number of benzene rings is 1. The van der Waals surface area contributed by atoms with E-state index in [9.17, 15) is 9.59 Å². The van der Waals surface area contributed by atoms with E-state index in [0.717, 1.165) is 12.1 Å². The van der Waals surface area contributed by atoms with E-state index in [4.69, 9.17) is 4.74 Å². The SMILES string of the molecule is CSSC(NCCOCC(=O)NC#CC(C)C)c1ccc(C(=O)NCCNC(C)C)cc1. The fourth-order valence-electron chi connectivity index (χ4n) is 2.47. The van der Waals surface area contributed by atoms with Gasteiger partial charge in [0.25, 0.3) is 11.8 Å². The molecule has 0 aromatic heterocycles. The third-order valence-electron chi connectivity index (χ3n) is 4.00. The molecule has 0 saturated carbocycles. The molecule has 7 nitrogen and oxygen atoms in total. The molecule has 1 aromatic carbocycles. The first-order valence-corrected chi connectivity index (χ1v) is 13.4. The zero-order valence-corrected chi connectivity index (χ0v) is 21.3. The summed E-state index contributed by atoms with van der Waals surface area (Å²) < 4.78 is 5.41. The molecular weight excluding hydrogens is 444 g/mol. The fraction of sp³-hybridized carbons (Fsp3) is 0.565. The topological polar surface area (TPSA) is 91.5 Å². The lowest BCUT2D eigenvalue weighted by Gasteiger charge is -2.18. The molecule has 0 fully saturated rings. The minimum absolute atomic E-state index is 0.0225. The van der Waals surface area contributed by atoms with Crippen LogP contribution in [0, 0.1) is 17.9 Å². The van der Waals surface area contributed by atoms with Gasteiger partial charge in [0.15, 0.2) is 0 Å². The van der Waals surface area contributed by atoms with Gasteiger partial charge in [-0.2, -0.15) is 0 Å². The van der Waals surface area contributed by atoms with Gasteiger partial charge in [-0.15, -0.1) is 0 Å². The van der Waals surface area contributed by atoms with E-state index in [2.05, 4.69) is 47.1 Å². The minimum atomic E-state index is -0.248. The fourth-order valence-corrected chi connectivity index (χ4v) is 4.23. The summed E-state index contributed by atoms with van der Waals surface area (Å²) in [6, 6.07) is 10.6. The summed E-state index contributed by atoms with van der Waals surface area (Å²) >= 11 is 0. The Kier molecular flexibility index (Phi) is 14.9. The van der Waals surface area contributed by atoms with E-state index in [0.29, 0.717) is 31.3 Å². The molecule has 0 aliphatic carbocycles. The largest absolute Gasteiger partial charge is 0.370 e. The smallest absolute Gasteiger partial charge is 0.257 e. The van der Waals surface area contributed by atoms with Gasteiger partial charge in [0.1, 0.15) is 6.61 Å². The third kappa shape index (κ3) is 13.0. The molecule has 1 rings (SSSR count). The highest BCUT2D eigenvalue weighted by Gasteiger charge is 2.13. The Hall–Kier alpha value is -1.70. The van der Waals surface area contributed by atoms with E-state index >= 15 is 0 Å². The molecule has 178 valence electrons. The molecule has 0 heterocycles. The van der Waals surface area contributed by atoms with Crippen LogP contribution < -0.4 is 21.3 Å². The maximum Gasteiger partial charge on any atom is 0.257 e. The molecule has 1 atom stereocenters. The summed E-state index contributed by atoms with van der Waals surface area (Å²) in [5.74, 6) is 2.76. The lowest BCUT2D eigenvalue weighted by molar-refractivity contribution is -0.124. The van der Waals surface area contributed by atoms with Gasteiger partial charge < -0.3 is 15.4 Å². The molecule has 2 amide bonds. The summed E-state index contributed by atoms with van der Waals surface area (Å²) in [4.78, 5) is 23.9. The first-order valence-electron chi connectivity index (χ1n) is 10.7. The number of ether oxygens (including phenoxy) is 1. The number of rotatable bonds is 14. The van der Waals surface area contributed by atoms with Crippen LogP contribution in [0.25, 0.3) is 0 Å². The van der Waals surface area contributed by atoms with Crippen LogP contribution in [-0.2, 0) is 9.53 Å². The minimum Gasteiger partial charge on any atom is -0.370 e. The second-order valence-corrected chi connectivity index (χ2v) is 10.2. The van der Waals surface area contributed by atoms with Gasteiger partial charge >= 0.3 is 0 Å². The highest BCUT2D eigenvalue weighted by Crippen LogP contribution is 2.34. The van der Waals surface area contributed by atoms with Crippen LogP contribution in [0.5, 0.6) is 0 Å². The Balaban J connectivity index is 2.41. The van der Waals surface area contributed by atoms with Crippen molar-refractivity contribution in [1.82, 2.24) is 21.3 Å². The number of nitrogens with one attached hydrogen (secondary N) is 4. The van der Waals surface area contributed by atoms with Crippen LogP contribution in [0.1, 0.15) is 49.0 Å². The molecule has 9 heteroatoms. The summed E-state index contributed by atoms with van der Waals surface area (Å²) in [6.07, 6.45) is 2.02. The Morgan fingerprint density at radius 1 is 1.03 bits per heavy atom. The summed E-state index contributed by atoms with van der Waals surface area (Å²) in [6.45, 7) is 10.4. The van der Waals surface area contributed by atoms with E-state index < -0.39 is 0 Å². The molecule has 0 saturated heterocycles. The standard InChI is InChI=1S/C23H36N4O3S2/c1-17(2)10-11-25-21(28)16-30-15-14-27-23(32-31-5)20-8-6-19(7-9-20)22(29)26-13-12-24-18(3)4/h6-9,17-18,23-24,27H,12-16H2,1-5H3,(H,25,28)(H,26,29). The quantitative estimate of drug-likeness (QED) is 0.107. The Bertz CT molecular complexity index is 746. The molecule has 0 spiro atoms. The van der Waals surface area contributed by atoms with Crippen molar-refractivity contribution in [3.8, 4) is 12.0 Å². The molecular formula is C23H36N4O3S2. The van der Waals surface area contributed by atoms with Crippen molar-refractivity contribution in [2.24, 2.45) is 5.92 Å². The number of amides is 2. The molecule has 0 radical (unpaired) electrons. The average molecular weight is 481 g/mol. The van der Waals surface area contributed by atoms with Gasteiger partial charge in [-0.05, 0) is 24.0 Å². The Morgan fingerprint density at radius 3 is 2.38 bits per heavy atom. The lowest BCUT2D eigenvalue weighted by atomic mass is 10.1. The predicted octanol–water partition coefficient (Wildman–Crippen LogP) is 2.76. The van der Waals surface area contributed by atoms with Crippen molar-refractivity contribution < 1.29 is 14.3 Å². The summed E-state index contributed by atoms with van der Waals surface area (Å²) in [5, 5.41) is 12.2. The maximum absolute atomic E-state index is 12.3. The predicted molar refractivity (Wildman–Crippen MR) is 135 cm³/mol. The van der Waals surface area contributed by atoms with E-state index in [-0.39, 0.29) is 29.7 Å². The first-order chi connectivity index (χ1) is 15.3. The lowest BCUT2D eigenvalue weighted by Crippen LogP contribution is -2.34.